The summed E-state index contributed by atoms with van der Waals surface area (Å²) in [5, 5.41) is 18.2. The third kappa shape index (κ3) is 2.57. The molecule has 1 aromatic heterocycles. The normalized spacial score (nSPS) is 16.3. The Morgan fingerprint density at radius 2 is 2.36 bits per heavy atom. The van der Waals surface area contributed by atoms with Crippen molar-refractivity contribution in [3.63, 3.8) is 0 Å². The van der Waals surface area contributed by atoms with Crippen LogP contribution in [0.15, 0.2) is 11.7 Å². The van der Waals surface area contributed by atoms with Gasteiger partial charge in [-0.25, -0.2) is 0 Å². The second-order valence-corrected chi connectivity index (χ2v) is 3.45. The van der Waals surface area contributed by atoms with Gasteiger partial charge >= 0.3 is 0 Å². The molecule has 0 aliphatic heterocycles. The van der Waals surface area contributed by atoms with E-state index in [1.165, 1.54) is 11.3 Å². The zero-order valence-corrected chi connectivity index (χ0v) is 7.08. The van der Waals surface area contributed by atoms with Gasteiger partial charge in [-0.2, -0.15) is 0 Å². The van der Waals surface area contributed by atoms with Crippen LogP contribution in [0.3, 0.4) is 0 Å². The van der Waals surface area contributed by atoms with E-state index in [9.17, 15) is 5.11 Å². The van der Waals surface area contributed by atoms with Gasteiger partial charge in [-0.1, -0.05) is 0 Å². The molecule has 0 amide bonds. The molecule has 1 heterocycles. The van der Waals surface area contributed by atoms with Crippen molar-refractivity contribution in [3.05, 3.63) is 16.6 Å². The molecule has 2 atom stereocenters. The summed E-state index contributed by atoms with van der Waals surface area (Å²) >= 11 is 1.49. The summed E-state index contributed by atoms with van der Waals surface area (Å²) in [6.45, 7) is 1.58. The van der Waals surface area contributed by atoms with Gasteiger partial charge in [-0.05, 0) is 6.92 Å². The van der Waals surface area contributed by atoms with Crippen LogP contribution in [0.1, 0.15) is 11.8 Å². The minimum atomic E-state index is -0.671. The van der Waals surface area contributed by atoms with Crippen LogP contribution in [-0.2, 0) is 6.42 Å². The number of aliphatic hydroxyl groups excluding tert-OH is 2. The molecule has 0 fully saturated rings. The van der Waals surface area contributed by atoms with Crippen LogP contribution in [0.5, 0.6) is 0 Å². The quantitative estimate of drug-likeness (QED) is 0.697. The number of nitrogens with zero attached hydrogens (tertiary/aromatic N) is 1. The molecule has 2 unspecified atom stereocenters. The zero-order valence-electron chi connectivity index (χ0n) is 6.27. The molecular formula is C7H11NO2S. The van der Waals surface area contributed by atoms with Crippen LogP contribution in [0.4, 0.5) is 0 Å². The van der Waals surface area contributed by atoms with E-state index in [1.54, 1.807) is 18.6 Å². The highest BCUT2D eigenvalue weighted by Gasteiger charge is 2.11. The molecule has 1 aromatic rings. The predicted molar refractivity (Wildman–Crippen MR) is 43.5 cm³/mol. The fraction of sp³-hybridized carbons (Fsp3) is 0.571. The summed E-state index contributed by atoms with van der Waals surface area (Å²) in [5.41, 5.74) is 1.71. The maximum absolute atomic E-state index is 9.23. The smallest absolute Gasteiger partial charge is 0.0845 e. The molecule has 0 spiro atoms. The number of rotatable bonds is 3. The third-order valence-corrected chi connectivity index (χ3v) is 2.25. The molecule has 0 aromatic carbocycles. The van der Waals surface area contributed by atoms with E-state index in [4.69, 9.17) is 5.11 Å². The van der Waals surface area contributed by atoms with Gasteiger partial charge in [0.1, 0.15) is 0 Å². The highest BCUT2D eigenvalue weighted by molar-refractivity contribution is 7.09. The first-order chi connectivity index (χ1) is 5.20. The molecule has 62 valence electrons. The second kappa shape index (κ2) is 3.80. The molecule has 1 rings (SSSR count). The van der Waals surface area contributed by atoms with Crippen LogP contribution in [0.2, 0.25) is 0 Å². The van der Waals surface area contributed by atoms with Crippen LogP contribution < -0.4 is 0 Å². The van der Waals surface area contributed by atoms with Gasteiger partial charge in [-0.3, -0.25) is 4.98 Å². The largest absolute Gasteiger partial charge is 0.391 e. The van der Waals surface area contributed by atoms with Crippen molar-refractivity contribution in [1.82, 2.24) is 4.98 Å². The van der Waals surface area contributed by atoms with Crippen LogP contribution in [-0.4, -0.2) is 27.4 Å². The van der Waals surface area contributed by atoms with Crippen molar-refractivity contribution in [1.29, 1.82) is 0 Å². The monoisotopic (exact) mass is 173 g/mol. The highest BCUT2D eigenvalue weighted by atomic mass is 32.1. The summed E-state index contributed by atoms with van der Waals surface area (Å²) in [6, 6.07) is 0. The lowest BCUT2D eigenvalue weighted by Crippen LogP contribution is -2.24. The second-order valence-electron chi connectivity index (χ2n) is 2.48. The van der Waals surface area contributed by atoms with E-state index < -0.39 is 12.2 Å². The van der Waals surface area contributed by atoms with Gasteiger partial charge in [-0.15, -0.1) is 11.3 Å². The fourth-order valence-corrected chi connectivity index (χ4v) is 1.37. The minimum Gasteiger partial charge on any atom is -0.391 e. The average Bonchev–Trinajstić information content (AvgIpc) is 2.39. The maximum atomic E-state index is 9.23. The lowest BCUT2D eigenvalue weighted by atomic mass is 10.1. The lowest BCUT2D eigenvalue weighted by molar-refractivity contribution is 0.0324. The highest BCUT2D eigenvalue weighted by Crippen LogP contribution is 2.10. The first-order valence-corrected chi connectivity index (χ1v) is 4.31. The Labute approximate surface area is 69.3 Å². The average molecular weight is 173 g/mol. The summed E-state index contributed by atoms with van der Waals surface area (Å²) < 4.78 is 0. The van der Waals surface area contributed by atoms with Crippen molar-refractivity contribution in [3.8, 4) is 0 Å². The molecule has 0 saturated heterocycles. The van der Waals surface area contributed by atoms with Crippen molar-refractivity contribution < 1.29 is 10.2 Å². The van der Waals surface area contributed by atoms with E-state index in [0.29, 0.717) is 6.42 Å². The van der Waals surface area contributed by atoms with Crippen LogP contribution >= 0.6 is 11.3 Å². The Hall–Kier alpha value is -0.450. The summed E-state index contributed by atoms with van der Waals surface area (Å²) in [7, 11) is 0. The lowest BCUT2D eigenvalue weighted by Gasteiger charge is -2.10. The van der Waals surface area contributed by atoms with Crippen LogP contribution in [0, 0.1) is 0 Å². The molecule has 0 saturated carbocycles. The first-order valence-electron chi connectivity index (χ1n) is 3.43. The van der Waals surface area contributed by atoms with Crippen molar-refractivity contribution in [2.45, 2.75) is 25.6 Å². The molecule has 0 aliphatic carbocycles. The summed E-state index contributed by atoms with van der Waals surface area (Å²) in [5.74, 6) is 0. The van der Waals surface area contributed by atoms with Gasteiger partial charge in [0.05, 0.1) is 17.7 Å². The van der Waals surface area contributed by atoms with E-state index in [1.807, 2.05) is 0 Å². The Balaban J connectivity index is 2.43. The Kier molecular flexibility index (Phi) is 2.99. The number of aromatic nitrogens is 1. The first kappa shape index (κ1) is 8.64. The van der Waals surface area contributed by atoms with Gasteiger partial charge in [0.25, 0.3) is 0 Å². The molecule has 2 N–H and O–H groups in total. The van der Waals surface area contributed by atoms with Gasteiger partial charge in [0.2, 0.25) is 0 Å². The van der Waals surface area contributed by atoms with Crippen molar-refractivity contribution in [2.75, 3.05) is 0 Å². The van der Waals surface area contributed by atoms with Crippen LogP contribution in [0.25, 0.3) is 0 Å². The van der Waals surface area contributed by atoms with Gasteiger partial charge in [0, 0.05) is 17.5 Å². The van der Waals surface area contributed by atoms with Gasteiger partial charge in [0.15, 0.2) is 0 Å². The molecule has 11 heavy (non-hydrogen) atoms. The third-order valence-electron chi connectivity index (χ3n) is 1.45. The molecular weight excluding hydrogens is 162 g/mol. The number of thiazole rings is 1. The molecule has 0 aliphatic rings. The standard InChI is InChI=1S/C7H11NO2S/c1-5(9)7(10)2-6-3-8-4-11-6/h3-5,7,9-10H,2H2,1H3. The van der Waals surface area contributed by atoms with E-state index >= 15 is 0 Å². The molecule has 0 radical (unpaired) electrons. The maximum Gasteiger partial charge on any atom is 0.0845 e. The van der Waals surface area contributed by atoms with Gasteiger partial charge < -0.3 is 10.2 Å². The van der Waals surface area contributed by atoms with Crippen molar-refractivity contribution >= 4 is 11.3 Å². The summed E-state index contributed by atoms with van der Waals surface area (Å²) in [6.07, 6.45) is 0.853. The SMILES string of the molecule is CC(O)C(O)Cc1cncs1. The zero-order chi connectivity index (χ0) is 8.27. The molecule has 0 bridgehead atoms. The fourth-order valence-electron chi connectivity index (χ4n) is 0.720. The number of aliphatic hydroxyl groups is 2. The predicted octanol–water partition coefficient (Wildman–Crippen LogP) is 0.427. The number of hydrogen-bond donors (Lipinski definition) is 2. The number of hydrogen-bond acceptors (Lipinski definition) is 4. The van der Waals surface area contributed by atoms with E-state index in [2.05, 4.69) is 4.98 Å². The van der Waals surface area contributed by atoms with E-state index in [0.717, 1.165) is 4.88 Å². The topological polar surface area (TPSA) is 53.4 Å². The Morgan fingerprint density at radius 1 is 1.64 bits per heavy atom. The Bertz CT molecular complexity index is 198. The minimum absolute atomic E-state index is 0.488. The Morgan fingerprint density at radius 3 is 2.82 bits per heavy atom. The van der Waals surface area contributed by atoms with Crippen molar-refractivity contribution in [2.24, 2.45) is 0 Å². The van der Waals surface area contributed by atoms with E-state index in [-0.39, 0.29) is 0 Å². The molecule has 3 nitrogen and oxygen atoms in total. The molecule has 4 heteroatoms. The summed E-state index contributed by atoms with van der Waals surface area (Å²) in [4.78, 5) is 4.86.